The fraction of sp³-hybridized carbons (Fsp3) is 0.0732. The maximum atomic E-state index is 5.14. The second-order valence-corrected chi connectivity index (χ2v) is 12.4. The molecule has 0 fully saturated rings. The lowest BCUT2D eigenvalue weighted by molar-refractivity contribution is 0.660. The molecule has 9 rings (SSSR count). The molecule has 0 aliphatic heterocycles. The molecule has 3 aromatic carbocycles. The van der Waals surface area contributed by atoms with E-state index >= 15 is 0 Å². The molecule has 0 N–H and O–H groups in total. The van der Waals surface area contributed by atoms with Gasteiger partial charge in [0.05, 0.1) is 22.4 Å². The van der Waals surface area contributed by atoms with Crippen LogP contribution in [-0.2, 0) is 5.41 Å². The summed E-state index contributed by atoms with van der Waals surface area (Å²) in [6, 6.07) is 38.7. The second-order valence-electron chi connectivity index (χ2n) is 12.4. The molecule has 1 aliphatic rings. The Morgan fingerprint density at radius 3 is 2.09 bits per heavy atom. The van der Waals surface area contributed by atoms with Crippen LogP contribution in [0.25, 0.3) is 72.4 Å². The lowest BCUT2D eigenvalue weighted by atomic mass is 9.81. The van der Waals surface area contributed by atoms with E-state index in [0.29, 0.717) is 0 Å². The minimum absolute atomic E-state index is 0.0751. The van der Waals surface area contributed by atoms with Crippen molar-refractivity contribution in [2.75, 3.05) is 0 Å². The van der Waals surface area contributed by atoms with Crippen LogP contribution in [0, 0.1) is 0 Å². The predicted molar refractivity (Wildman–Crippen MR) is 186 cm³/mol. The van der Waals surface area contributed by atoms with Crippen molar-refractivity contribution in [2.45, 2.75) is 19.3 Å². The summed E-state index contributed by atoms with van der Waals surface area (Å²) in [5.74, 6) is 0.854. The van der Waals surface area contributed by atoms with Gasteiger partial charge in [0.1, 0.15) is 5.82 Å². The van der Waals surface area contributed by atoms with E-state index < -0.39 is 0 Å². The summed E-state index contributed by atoms with van der Waals surface area (Å²) in [7, 11) is 0. The summed E-state index contributed by atoms with van der Waals surface area (Å²) >= 11 is 0. The van der Waals surface area contributed by atoms with E-state index in [1.807, 2.05) is 49.2 Å². The van der Waals surface area contributed by atoms with E-state index in [0.717, 1.165) is 55.7 Å². The average Bonchev–Trinajstić information content (AvgIpc) is 3.57. The maximum absolute atomic E-state index is 5.14. The van der Waals surface area contributed by atoms with E-state index in [2.05, 4.69) is 119 Å². The van der Waals surface area contributed by atoms with Gasteiger partial charge in [-0.2, -0.15) is 0 Å². The van der Waals surface area contributed by atoms with Crippen LogP contribution in [0.2, 0.25) is 0 Å². The first-order valence-corrected chi connectivity index (χ1v) is 15.5. The fourth-order valence-corrected chi connectivity index (χ4v) is 7.13. The van der Waals surface area contributed by atoms with Crippen molar-refractivity contribution >= 4 is 21.8 Å². The Hall–Kier alpha value is -5.94. The summed E-state index contributed by atoms with van der Waals surface area (Å²) in [6.45, 7) is 4.64. The van der Waals surface area contributed by atoms with E-state index in [1.165, 1.54) is 27.8 Å². The summed E-state index contributed by atoms with van der Waals surface area (Å²) in [5.41, 5.74) is 13.5. The molecular weight excluding hydrogens is 562 g/mol. The number of pyridine rings is 4. The first-order valence-electron chi connectivity index (χ1n) is 15.5. The standard InChI is InChI=1S/C41H29N5/c1-41(2)34-9-5-3-7-30(34)31-13-11-27(21-35(31)41)29-22-36(26-15-18-42-19-16-26)45-37(23-29)28-12-14-40(44-24-28)46-38-10-6-4-8-32(38)33-25-43-20-17-39(33)46/h3-25H,1-2H3. The van der Waals surface area contributed by atoms with Crippen LogP contribution < -0.4 is 0 Å². The molecule has 0 bridgehead atoms. The Morgan fingerprint density at radius 1 is 0.522 bits per heavy atom. The van der Waals surface area contributed by atoms with Crippen molar-refractivity contribution in [1.82, 2.24) is 24.5 Å². The third kappa shape index (κ3) is 4.02. The van der Waals surface area contributed by atoms with Crippen molar-refractivity contribution in [3.05, 3.63) is 151 Å². The van der Waals surface area contributed by atoms with Gasteiger partial charge < -0.3 is 0 Å². The van der Waals surface area contributed by atoms with Gasteiger partial charge in [-0.1, -0.05) is 68.4 Å². The lowest BCUT2D eigenvalue weighted by Gasteiger charge is -2.22. The molecule has 46 heavy (non-hydrogen) atoms. The van der Waals surface area contributed by atoms with Gasteiger partial charge in [0.25, 0.3) is 0 Å². The highest BCUT2D eigenvalue weighted by molar-refractivity contribution is 6.08. The maximum Gasteiger partial charge on any atom is 0.137 e. The largest absolute Gasteiger partial charge is 0.294 e. The zero-order valence-corrected chi connectivity index (χ0v) is 25.5. The van der Waals surface area contributed by atoms with Crippen LogP contribution in [0.5, 0.6) is 0 Å². The number of benzene rings is 3. The predicted octanol–water partition coefficient (Wildman–Crippen LogP) is 9.67. The van der Waals surface area contributed by atoms with E-state index in [-0.39, 0.29) is 5.41 Å². The molecule has 0 spiro atoms. The second kappa shape index (κ2) is 10.0. The smallest absolute Gasteiger partial charge is 0.137 e. The van der Waals surface area contributed by atoms with Crippen molar-refractivity contribution < 1.29 is 0 Å². The molecule has 0 saturated carbocycles. The summed E-state index contributed by atoms with van der Waals surface area (Å²) < 4.78 is 2.20. The molecule has 5 heterocycles. The summed E-state index contributed by atoms with van der Waals surface area (Å²) in [6.07, 6.45) is 9.33. The molecule has 1 aliphatic carbocycles. The van der Waals surface area contributed by atoms with E-state index in [4.69, 9.17) is 9.97 Å². The Balaban J connectivity index is 1.17. The third-order valence-corrected chi connectivity index (χ3v) is 9.47. The van der Waals surface area contributed by atoms with Crippen LogP contribution in [0.3, 0.4) is 0 Å². The van der Waals surface area contributed by atoms with Crippen molar-refractivity contribution in [3.63, 3.8) is 0 Å². The molecule has 218 valence electrons. The average molecular weight is 592 g/mol. The van der Waals surface area contributed by atoms with Gasteiger partial charge >= 0.3 is 0 Å². The Kier molecular flexibility index (Phi) is 5.78. The van der Waals surface area contributed by atoms with Crippen LogP contribution >= 0.6 is 0 Å². The number of rotatable bonds is 4. The van der Waals surface area contributed by atoms with Gasteiger partial charge in [-0.05, 0) is 88.0 Å². The van der Waals surface area contributed by atoms with Gasteiger partial charge in [0.15, 0.2) is 0 Å². The molecule has 0 amide bonds. The topological polar surface area (TPSA) is 56.5 Å². The third-order valence-electron chi connectivity index (χ3n) is 9.47. The summed E-state index contributed by atoms with van der Waals surface area (Å²) in [4.78, 5) is 18.7. The van der Waals surface area contributed by atoms with Crippen LogP contribution in [0.4, 0.5) is 0 Å². The Morgan fingerprint density at radius 2 is 1.24 bits per heavy atom. The molecule has 0 saturated heterocycles. The number of hydrogen-bond acceptors (Lipinski definition) is 4. The molecule has 0 radical (unpaired) electrons. The van der Waals surface area contributed by atoms with Crippen LogP contribution in [-0.4, -0.2) is 24.5 Å². The highest BCUT2D eigenvalue weighted by atomic mass is 15.1. The minimum Gasteiger partial charge on any atom is -0.294 e. The highest BCUT2D eigenvalue weighted by Gasteiger charge is 2.35. The van der Waals surface area contributed by atoms with E-state index in [1.54, 1.807) is 0 Å². The summed E-state index contributed by atoms with van der Waals surface area (Å²) in [5, 5.41) is 2.27. The quantitative estimate of drug-likeness (QED) is 0.204. The normalized spacial score (nSPS) is 13.2. The zero-order valence-electron chi connectivity index (χ0n) is 25.5. The minimum atomic E-state index is -0.0751. The van der Waals surface area contributed by atoms with Gasteiger partial charge in [-0.3, -0.25) is 14.5 Å². The lowest BCUT2D eigenvalue weighted by Crippen LogP contribution is -2.14. The molecular formula is C41H29N5. The first-order chi connectivity index (χ1) is 22.6. The monoisotopic (exact) mass is 591 g/mol. The van der Waals surface area contributed by atoms with Crippen molar-refractivity contribution in [2.24, 2.45) is 0 Å². The Bertz CT molecular complexity index is 2390. The van der Waals surface area contributed by atoms with E-state index in [9.17, 15) is 0 Å². The SMILES string of the molecule is CC1(C)c2ccccc2-c2ccc(-c3cc(-c4ccncc4)nc(-c4ccc(-n5c6ccccc6c6cnccc65)nc4)c3)cc21. The van der Waals surface area contributed by atoms with Gasteiger partial charge in [0, 0.05) is 58.3 Å². The van der Waals surface area contributed by atoms with Gasteiger partial charge in [0.2, 0.25) is 0 Å². The molecule has 5 aromatic heterocycles. The number of fused-ring (bicyclic) bond motifs is 6. The molecule has 0 unspecified atom stereocenters. The number of nitrogens with zero attached hydrogens (tertiary/aromatic N) is 5. The Labute approximate surface area is 266 Å². The fourth-order valence-electron chi connectivity index (χ4n) is 7.13. The van der Waals surface area contributed by atoms with Gasteiger partial charge in [-0.25, -0.2) is 9.97 Å². The van der Waals surface area contributed by atoms with Crippen molar-refractivity contribution in [3.8, 4) is 50.6 Å². The first kappa shape index (κ1) is 26.5. The molecule has 5 heteroatoms. The number of hydrogen-bond donors (Lipinski definition) is 0. The number of aromatic nitrogens is 5. The van der Waals surface area contributed by atoms with Crippen molar-refractivity contribution in [1.29, 1.82) is 0 Å². The van der Waals surface area contributed by atoms with Gasteiger partial charge in [-0.15, -0.1) is 0 Å². The molecule has 5 nitrogen and oxygen atoms in total. The highest BCUT2D eigenvalue weighted by Crippen LogP contribution is 2.49. The number of para-hydroxylation sites is 1. The molecule has 8 aromatic rings. The zero-order chi connectivity index (χ0) is 30.8. The van der Waals surface area contributed by atoms with Crippen LogP contribution in [0.1, 0.15) is 25.0 Å². The van der Waals surface area contributed by atoms with Crippen LogP contribution in [0.15, 0.2) is 140 Å². The molecule has 0 atom stereocenters.